The minimum absolute atomic E-state index is 0.161. The number of ether oxygens (including phenoxy) is 2. The Morgan fingerprint density at radius 2 is 1.68 bits per heavy atom. The van der Waals surface area contributed by atoms with Crippen molar-refractivity contribution in [1.29, 1.82) is 0 Å². The number of rotatable bonds is 9. The van der Waals surface area contributed by atoms with Crippen LogP contribution in [0.15, 0.2) is 24.3 Å². The summed E-state index contributed by atoms with van der Waals surface area (Å²) in [6.07, 6.45) is -7.94. The second-order valence-electron chi connectivity index (χ2n) is 7.85. The van der Waals surface area contributed by atoms with E-state index in [4.69, 9.17) is 14.6 Å². The average Bonchev–Trinajstić information content (AvgIpc) is 2.59. The quantitative estimate of drug-likeness (QED) is 0.589. The Kier molecular flexibility index (Phi) is 8.85. The van der Waals surface area contributed by atoms with Gasteiger partial charge in [0.15, 0.2) is 0 Å². The zero-order valence-electron chi connectivity index (χ0n) is 17.6. The molecule has 0 fully saturated rings. The topological polar surface area (TPSA) is 113 Å². The summed E-state index contributed by atoms with van der Waals surface area (Å²) in [6, 6.07) is 5.84. The summed E-state index contributed by atoms with van der Waals surface area (Å²) in [5, 5.41) is 18.5. The van der Waals surface area contributed by atoms with E-state index in [1.165, 1.54) is 52.1 Å². The number of carboxylic acid groups (broad SMARTS) is 2. The van der Waals surface area contributed by atoms with Crippen LogP contribution < -0.4 is 0 Å². The van der Waals surface area contributed by atoms with Crippen LogP contribution in [-0.2, 0) is 25.6 Å². The highest BCUT2D eigenvalue weighted by Crippen LogP contribution is 2.32. The first kappa shape index (κ1) is 26.2. The number of carbonyl (C=O) groups is 3. The van der Waals surface area contributed by atoms with E-state index >= 15 is 0 Å². The van der Waals surface area contributed by atoms with Crippen molar-refractivity contribution in [3.63, 3.8) is 0 Å². The third kappa shape index (κ3) is 8.83. The molecule has 0 spiro atoms. The van der Waals surface area contributed by atoms with Crippen molar-refractivity contribution < 1.29 is 47.2 Å². The summed E-state index contributed by atoms with van der Waals surface area (Å²) < 4.78 is 49.6. The molecule has 0 aliphatic rings. The molecule has 0 radical (unpaired) electrons. The average molecular weight is 449 g/mol. The maximum atomic E-state index is 13.1. The highest BCUT2D eigenvalue weighted by molar-refractivity contribution is 5.78. The van der Waals surface area contributed by atoms with Gasteiger partial charge in [-0.1, -0.05) is 24.3 Å². The molecule has 2 N–H and O–H groups in total. The summed E-state index contributed by atoms with van der Waals surface area (Å²) in [5.74, 6) is -4.32. The smallest absolute Gasteiger partial charge is 0.410 e. The van der Waals surface area contributed by atoms with Gasteiger partial charge in [-0.15, -0.1) is 0 Å². The lowest BCUT2D eigenvalue weighted by atomic mass is 9.89. The number of halogens is 3. The zero-order valence-corrected chi connectivity index (χ0v) is 17.6. The predicted octanol–water partition coefficient (Wildman–Crippen LogP) is 3.85. The van der Waals surface area contributed by atoms with Crippen LogP contribution in [0.1, 0.15) is 44.4 Å². The molecule has 174 valence electrons. The van der Waals surface area contributed by atoms with Crippen molar-refractivity contribution in [3.05, 3.63) is 35.4 Å². The Labute approximate surface area is 177 Å². The second-order valence-corrected chi connectivity index (χ2v) is 7.85. The highest BCUT2D eigenvalue weighted by Gasteiger charge is 2.37. The van der Waals surface area contributed by atoms with Gasteiger partial charge in [-0.05, 0) is 31.9 Å². The van der Waals surface area contributed by atoms with Crippen LogP contribution in [-0.4, -0.2) is 58.6 Å². The monoisotopic (exact) mass is 449 g/mol. The van der Waals surface area contributed by atoms with Crippen LogP contribution in [0.3, 0.4) is 0 Å². The number of carboxylic acids is 2. The fourth-order valence-corrected chi connectivity index (χ4v) is 2.91. The Balaban J connectivity index is 3.35. The molecule has 2 atom stereocenters. The molecule has 0 aliphatic carbocycles. The predicted molar refractivity (Wildman–Crippen MR) is 102 cm³/mol. The summed E-state index contributed by atoms with van der Waals surface area (Å²) in [4.78, 5) is 35.5. The first-order valence-electron chi connectivity index (χ1n) is 9.24. The number of hydrogen-bond acceptors (Lipinski definition) is 5. The molecular formula is C20H26F3NO7. The minimum Gasteiger partial charge on any atom is -0.481 e. The van der Waals surface area contributed by atoms with Gasteiger partial charge < -0.3 is 19.7 Å². The molecule has 1 unspecified atom stereocenters. The number of aliphatic carboxylic acids is 2. The largest absolute Gasteiger partial charge is 0.481 e. The molecule has 0 aromatic heterocycles. The van der Waals surface area contributed by atoms with Gasteiger partial charge in [-0.2, -0.15) is 13.2 Å². The highest BCUT2D eigenvalue weighted by atomic mass is 19.4. The van der Waals surface area contributed by atoms with Crippen molar-refractivity contribution >= 4 is 18.0 Å². The summed E-state index contributed by atoms with van der Waals surface area (Å²) >= 11 is 0. The fourth-order valence-electron chi connectivity index (χ4n) is 2.91. The lowest BCUT2D eigenvalue weighted by Gasteiger charge is -2.30. The van der Waals surface area contributed by atoms with Crippen LogP contribution in [0.2, 0.25) is 0 Å². The Morgan fingerprint density at radius 1 is 1.10 bits per heavy atom. The van der Waals surface area contributed by atoms with E-state index < -0.39 is 61.3 Å². The lowest BCUT2D eigenvalue weighted by molar-refractivity contribution is -0.153. The lowest BCUT2D eigenvalue weighted by Crippen LogP contribution is -2.42. The van der Waals surface area contributed by atoms with Crippen LogP contribution in [0.5, 0.6) is 0 Å². The van der Waals surface area contributed by atoms with E-state index in [9.17, 15) is 32.7 Å². The molecule has 11 heteroatoms. The van der Waals surface area contributed by atoms with Gasteiger partial charge in [0.1, 0.15) is 12.1 Å². The third-order valence-corrected chi connectivity index (χ3v) is 4.08. The molecule has 8 nitrogen and oxygen atoms in total. The molecule has 0 saturated heterocycles. The number of alkyl halides is 3. The Hall–Kier alpha value is -2.82. The third-order valence-electron chi connectivity index (χ3n) is 4.08. The van der Waals surface area contributed by atoms with Gasteiger partial charge in [0.25, 0.3) is 0 Å². The van der Waals surface area contributed by atoms with Crippen molar-refractivity contribution in [2.24, 2.45) is 5.92 Å². The molecule has 1 amide bonds. The first-order chi connectivity index (χ1) is 14.1. The first-order valence-corrected chi connectivity index (χ1v) is 9.24. The molecule has 1 aromatic rings. The van der Waals surface area contributed by atoms with Gasteiger partial charge in [0, 0.05) is 13.7 Å². The van der Waals surface area contributed by atoms with Gasteiger partial charge in [0.05, 0.1) is 18.4 Å². The van der Waals surface area contributed by atoms with E-state index in [0.717, 1.165) is 0 Å². The fraction of sp³-hybridized carbons (Fsp3) is 0.550. The van der Waals surface area contributed by atoms with Crippen molar-refractivity contribution in [1.82, 2.24) is 4.90 Å². The van der Waals surface area contributed by atoms with Crippen molar-refractivity contribution in [2.45, 2.75) is 51.6 Å². The van der Waals surface area contributed by atoms with E-state index in [-0.39, 0.29) is 11.1 Å². The second kappa shape index (κ2) is 10.5. The molecule has 0 heterocycles. The van der Waals surface area contributed by atoms with E-state index in [1.54, 1.807) is 0 Å². The van der Waals surface area contributed by atoms with Gasteiger partial charge in [0.2, 0.25) is 0 Å². The van der Waals surface area contributed by atoms with Crippen molar-refractivity contribution in [3.8, 4) is 0 Å². The molecule has 1 rings (SSSR count). The van der Waals surface area contributed by atoms with Gasteiger partial charge in [-0.3, -0.25) is 14.5 Å². The summed E-state index contributed by atoms with van der Waals surface area (Å²) in [5.41, 5.74) is -0.707. The number of amides is 1. The van der Waals surface area contributed by atoms with E-state index in [1.807, 2.05) is 0 Å². The SMILES string of the molecule is COC(c1ccccc1CN(CC(F)(F)F)C(=O)OC(C)(C)C)[C@H](CC(=O)O)C(=O)O. The minimum atomic E-state index is -4.71. The van der Waals surface area contributed by atoms with E-state index in [0.29, 0.717) is 4.90 Å². The van der Waals surface area contributed by atoms with Crippen LogP contribution in [0.4, 0.5) is 18.0 Å². The number of carbonyl (C=O) groups excluding carboxylic acids is 1. The molecule has 0 aliphatic heterocycles. The Morgan fingerprint density at radius 3 is 2.13 bits per heavy atom. The van der Waals surface area contributed by atoms with Crippen molar-refractivity contribution in [2.75, 3.05) is 13.7 Å². The number of nitrogens with zero attached hydrogens (tertiary/aromatic N) is 1. The number of methoxy groups -OCH3 is 1. The molecular weight excluding hydrogens is 423 g/mol. The molecule has 31 heavy (non-hydrogen) atoms. The molecule has 1 aromatic carbocycles. The van der Waals surface area contributed by atoms with Gasteiger partial charge >= 0.3 is 24.2 Å². The normalized spacial score (nSPS) is 13.9. The maximum absolute atomic E-state index is 13.1. The summed E-state index contributed by atoms with van der Waals surface area (Å²) in [7, 11) is 1.17. The zero-order chi connectivity index (χ0) is 24.0. The maximum Gasteiger partial charge on any atom is 0.410 e. The standard InChI is InChI=1S/C20H26F3NO7/c1-19(2,3)31-18(29)24(11-20(21,22)23)10-12-7-5-6-8-13(12)16(30-4)14(17(27)28)9-15(25)26/h5-8,14,16H,9-11H2,1-4H3,(H,25,26)(H,27,28)/t14-,16?/m0/s1. The number of hydrogen-bond donors (Lipinski definition) is 2. The van der Waals surface area contributed by atoms with Crippen LogP contribution in [0, 0.1) is 5.92 Å². The number of benzene rings is 1. The van der Waals surface area contributed by atoms with E-state index in [2.05, 4.69) is 0 Å². The van der Waals surface area contributed by atoms with Crippen LogP contribution >= 0.6 is 0 Å². The molecule has 0 bridgehead atoms. The van der Waals surface area contributed by atoms with Crippen LogP contribution in [0.25, 0.3) is 0 Å². The molecule has 0 saturated carbocycles. The summed E-state index contributed by atoms with van der Waals surface area (Å²) in [6.45, 7) is 2.38. The van der Waals surface area contributed by atoms with Gasteiger partial charge in [-0.25, -0.2) is 4.79 Å². The Bertz CT molecular complexity index is 790.